The third-order valence-corrected chi connectivity index (χ3v) is 4.64. The van der Waals surface area contributed by atoms with Gasteiger partial charge in [0.05, 0.1) is 6.20 Å². The van der Waals surface area contributed by atoms with Crippen LogP contribution >= 0.6 is 0 Å². The number of nitrogens with zero attached hydrogens (tertiary/aromatic N) is 2. The number of halogens is 1. The first-order valence-electron chi connectivity index (χ1n) is 9.64. The van der Waals surface area contributed by atoms with Crippen LogP contribution in [0.5, 0.6) is 11.5 Å². The predicted molar refractivity (Wildman–Crippen MR) is 117 cm³/mol. The van der Waals surface area contributed by atoms with Gasteiger partial charge in [0, 0.05) is 37.6 Å². The second-order valence-corrected chi connectivity index (χ2v) is 6.85. The smallest absolute Gasteiger partial charge is 0.244 e. The van der Waals surface area contributed by atoms with Crippen molar-refractivity contribution in [2.45, 2.75) is 13.0 Å². The van der Waals surface area contributed by atoms with Crippen LogP contribution in [0.2, 0.25) is 0 Å². The van der Waals surface area contributed by atoms with E-state index in [9.17, 15) is 9.18 Å². The Morgan fingerprint density at radius 3 is 2.70 bits per heavy atom. The molecule has 3 aromatic rings. The summed E-state index contributed by atoms with van der Waals surface area (Å²) >= 11 is 0. The first-order chi connectivity index (χ1) is 14.5. The van der Waals surface area contributed by atoms with Gasteiger partial charge in [0.1, 0.15) is 5.75 Å². The lowest BCUT2D eigenvalue weighted by atomic mass is 10.2. The van der Waals surface area contributed by atoms with Gasteiger partial charge in [0.2, 0.25) is 5.91 Å². The number of nitrogens with one attached hydrogen (secondary N) is 1. The van der Waals surface area contributed by atoms with Crippen molar-refractivity contribution in [3.63, 3.8) is 0 Å². The topological polar surface area (TPSA) is 54.5 Å². The van der Waals surface area contributed by atoms with Crippen LogP contribution in [-0.2, 0) is 4.79 Å². The van der Waals surface area contributed by atoms with Crippen LogP contribution in [0.15, 0.2) is 79.1 Å². The zero-order valence-corrected chi connectivity index (χ0v) is 17.0. The minimum absolute atomic E-state index is 0.0994. The van der Waals surface area contributed by atoms with Crippen LogP contribution in [0, 0.1) is 5.82 Å². The van der Waals surface area contributed by atoms with E-state index in [0.717, 1.165) is 5.69 Å². The van der Waals surface area contributed by atoms with Crippen molar-refractivity contribution >= 4 is 17.7 Å². The molecule has 0 spiro atoms. The molecule has 0 aliphatic heterocycles. The lowest BCUT2D eigenvalue weighted by molar-refractivity contribution is -0.116. The number of anilines is 1. The van der Waals surface area contributed by atoms with Crippen molar-refractivity contribution in [2.75, 3.05) is 18.5 Å². The molecule has 1 N–H and O–H groups in total. The maximum atomic E-state index is 14.3. The van der Waals surface area contributed by atoms with Gasteiger partial charge in [-0.2, -0.15) is 0 Å². The summed E-state index contributed by atoms with van der Waals surface area (Å²) < 4.78 is 19.7. The fourth-order valence-electron chi connectivity index (χ4n) is 2.77. The Morgan fingerprint density at radius 1 is 1.20 bits per heavy atom. The summed E-state index contributed by atoms with van der Waals surface area (Å²) in [5.41, 5.74) is 1.65. The monoisotopic (exact) mass is 405 g/mol. The van der Waals surface area contributed by atoms with Crippen molar-refractivity contribution in [1.82, 2.24) is 10.3 Å². The molecule has 6 heteroatoms. The Labute approximate surface area is 175 Å². The molecule has 0 saturated heterocycles. The van der Waals surface area contributed by atoms with Gasteiger partial charge < -0.3 is 15.0 Å². The first-order valence-corrected chi connectivity index (χ1v) is 9.64. The standard InChI is InChI=1S/C24H24FN3O2/c1-18(28(2)20-7-4-3-5-8-20)16-27-24(29)13-11-19-10-12-23(22(25)15-19)30-21-9-6-14-26-17-21/h3-15,17-18H,16H2,1-2H3,(H,27,29)/b13-11+. The van der Waals surface area contributed by atoms with Gasteiger partial charge in [-0.15, -0.1) is 0 Å². The van der Waals surface area contributed by atoms with Gasteiger partial charge in [-0.1, -0.05) is 24.3 Å². The number of rotatable bonds is 8. The highest BCUT2D eigenvalue weighted by Gasteiger charge is 2.10. The number of ether oxygens (including phenoxy) is 1. The summed E-state index contributed by atoms with van der Waals surface area (Å²) in [4.78, 5) is 18.2. The molecule has 1 amide bonds. The zero-order valence-electron chi connectivity index (χ0n) is 17.0. The van der Waals surface area contributed by atoms with E-state index >= 15 is 0 Å². The number of benzene rings is 2. The third-order valence-electron chi connectivity index (χ3n) is 4.64. The zero-order chi connectivity index (χ0) is 21.3. The molecule has 1 atom stereocenters. The molecule has 1 aromatic heterocycles. The summed E-state index contributed by atoms with van der Waals surface area (Å²) in [6, 6.07) is 18.0. The SMILES string of the molecule is CC(CNC(=O)/C=C/c1ccc(Oc2cccnc2)c(F)c1)N(C)c1ccccc1. The highest BCUT2D eigenvalue weighted by molar-refractivity contribution is 5.91. The second kappa shape index (κ2) is 10.2. The van der Waals surface area contributed by atoms with E-state index in [0.29, 0.717) is 17.9 Å². The summed E-state index contributed by atoms with van der Waals surface area (Å²) in [5.74, 6) is -0.199. The van der Waals surface area contributed by atoms with Gasteiger partial charge >= 0.3 is 0 Å². The van der Waals surface area contributed by atoms with Gasteiger partial charge in [-0.3, -0.25) is 9.78 Å². The Kier molecular flexibility index (Phi) is 7.16. The summed E-state index contributed by atoms with van der Waals surface area (Å²) in [5, 5.41) is 2.87. The number of amides is 1. The van der Waals surface area contributed by atoms with Gasteiger partial charge in [-0.25, -0.2) is 4.39 Å². The van der Waals surface area contributed by atoms with Crippen molar-refractivity contribution in [3.8, 4) is 11.5 Å². The van der Waals surface area contributed by atoms with E-state index in [1.54, 1.807) is 30.5 Å². The number of pyridine rings is 1. The van der Waals surface area contributed by atoms with Gasteiger partial charge in [0.25, 0.3) is 0 Å². The molecule has 1 heterocycles. The molecule has 0 bridgehead atoms. The van der Waals surface area contributed by atoms with Crippen LogP contribution in [-0.4, -0.2) is 30.5 Å². The van der Waals surface area contributed by atoms with Crippen molar-refractivity contribution in [2.24, 2.45) is 0 Å². The fourth-order valence-corrected chi connectivity index (χ4v) is 2.77. The van der Waals surface area contributed by atoms with E-state index < -0.39 is 5.82 Å². The lowest BCUT2D eigenvalue weighted by Crippen LogP contribution is -2.39. The summed E-state index contributed by atoms with van der Waals surface area (Å²) in [7, 11) is 1.99. The van der Waals surface area contributed by atoms with Crippen molar-refractivity contribution < 1.29 is 13.9 Å². The largest absolute Gasteiger partial charge is 0.453 e. The van der Waals surface area contributed by atoms with E-state index in [4.69, 9.17) is 4.74 Å². The van der Waals surface area contributed by atoms with Crippen LogP contribution in [0.4, 0.5) is 10.1 Å². The van der Waals surface area contributed by atoms with Crippen LogP contribution < -0.4 is 15.0 Å². The predicted octanol–water partition coefficient (Wildman–Crippen LogP) is 4.67. The number of likely N-dealkylation sites (N-methyl/N-ethyl adjacent to an activating group) is 1. The Balaban J connectivity index is 1.52. The molecule has 0 aliphatic carbocycles. The number of aromatic nitrogens is 1. The minimum Gasteiger partial charge on any atom is -0.453 e. The molecule has 2 aromatic carbocycles. The summed E-state index contributed by atoms with van der Waals surface area (Å²) in [6.07, 6.45) is 6.08. The van der Waals surface area contributed by atoms with Gasteiger partial charge in [-0.05, 0) is 55.0 Å². The van der Waals surface area contributed by atoms with E-state index in [1.807, 2.05) is 44.3 Å². The molecular weight excluding hydrogens is 381 g/mol. The van der Waals surface area contributed by atoms with E-state index in [-0.39, 0.29) is 17.7 Å². The fraction of sp³-hybridized carbons (Fsp3) is 0.167. The molecule has 30 heavy (non-hydrogen) atoms. The van der Waals surface area contributed by atoms with Crippen molar-refractivity contribution in [1.29, 1.82) is 0 Å². The number of para-hydroxylation sites is 1. The summed E-state index contributed by atoms with van der Waals surface area (Å²) in [6.45, 7) is 2.52. The quantitative estimate of drug-likeness (QED) is 0.554. The highest BCUT2D eigenvalue weighted by Crippen LogP contribution is 2.24. The molecule has 0 fully saturated rings. The molecule has 0 radical (unpaired) electrons. The molecule has 1 unspecified atom stereocenters. The highest BCUT2D eigenvalue weighted by atomic mass is 19.1. The number of hydrogen-bond donors (Lipinski definition) is 1. The molecule has 154 valence electrons. The number of carbonyl (C=O) groups is 1. The second-order valence-electron chi connectivity index (χ2n) is 6.85. The van der Waals surface area contributed by atoms with Crippen LogP contribution in [0.25, 0.3) is 6.08 Å². The average Bonchev–Trinajstić information content (AvgIpc) is 2.78. The Hall–Kier alpha value is -3.67. The molecule has 0 aliphatic rings. The number of hydrogen-bond acceptors (Lipinski definition) is 4. The lowest BCUT2D eigenvalue weighted by Gasteiger charge is -2.27. The van der Waals surface area contributed by atoms with Crippen LogP contribution in [0.3, 0.4) is 0 Å². The van der Waals surface area contributed by atoms with E-state index in [2.05, 4.69) is 15.2 Å². The van der Waals surface area contributed by atoms with Gasteiger partial charge in [0.15, 0.2) is 11.6 Å². The first kappa shape index (κ1) is 21.0. The molecule has 5 nitrogen and oxygen atoms in total. The molecule has 0 saturated carbocycles. The average molecular weight is 405 g/mol. The minimum atomic E-state index is -0.514. The molecule has 3 rings (SSSR count). The van der Waals surface area contributed by atoms with E-state index in [1.165, 1.54) is 24.4 Å². The normalized spacial score (nSPS) is 11.8. The maximum absolute atomic E-state index is 14.3. The number of carbonyl (C=O) groups excluding carboxylic acids is 1. The Morgan fingerprint density at radius 2 is 2.00 bits per heavy atom. The van der Waals surface area contributed by atoms with Crippen LogP contribution in [0.1, 0.15) is 12.5 Å². The Bertz CT molecular complexity index is 994. The third kappa shape index (κ3) is 5.91. The maximum Gasteiger partial charge on any atom is 0.244 e. The molecular formula is C24H24FN3O2. The van der Waals surface area contributed by atoms with Crippen molar-refractivity contribution in [3.05, 3.63) is 90.5 Å².